The molecule has 0 fully saturated rings. The van der Waals surface area contributed by atoms with Crippen molar-refractivity contribution < 1.29 is 42.1 Å². The van der Waals surface area contributed by atoms with Crippen LogP contribution in [0.4, 0.5) is 0 Å². The Morgan fingerprint density at radius 2 is 0.933 bits per heavy atom. The Bertz CT molecular complexity index is 1290. The van der Waals surface area contributed by atoms with Crippen molar-refractivity contribution in [3.8, 4) is 0 Å². The molecule has 0 spiro atoms. The smallest absolute Gasteiger partial charge is 0.306 e. The average Bonchev–Trinajstić information content (AvgIpc) is 3.20. The molecule has 0 amide bonds. The van der Waals surface area contributed by atoms with Gasteiger partial charge in [0.1, 0.15) is 19.8 Å². The molecule has 10 heteroatoms. The summed E-state index contributed by atoms with van der Waals surface area (Å²) in [6, 6.07) is 0. The minimum Gasteiger partial charge on any atom is -0.756 e. The van der Waals surface area contributed by atoms with Crippen LogP contribution in [0.25, 0.3) is 0 Å². The summed E-state index contributed by atoms with van der Waals surface area (Å²) in [5, 5.41) is 0. The van der Waals surface area contributed by atoms with Gasteiger partial charge in [-0.3, -0.25) is 14.2 Å². The van der Waals surface area contributed by atoms with Gasteiger partial charge in [0.2, 0.25) is 0 Å². The molecule has 344 valence electrons. The molecule has 0 bridgehead atoms. The van der Waals surface area contributed by atoms with Crippen LogP contribution in [0.5, 0.6) is 0 Å². The number of hydrogen-bond acceptors (Lipinski definition) is 8. The van der Waals surface area contributed by atoms with E-state index in [9.17, 15) is 19.0 Å². The van der Waals surface area contributed by atoms with E-state index in [1.807, 2.05) is 33.3 Å². The number of hydrogen-bond donors (Lipinski definition) is 0. The fourth-order valence-electron chi connectivity index (χ4n) is 5.73. The van der Waals surface area contributed by atoms with Gasteiger partial charge >= 0.3 is 11.9 Å². The standard InChI is InChI=1S/C50H86NO8P/c1-6-8-10-12-14-16-18-20-22-24-25-27-28-30-32-34-36-38-40-42-49(52)56-46-48(47-58-60(54,55)57-45-44-51(3,4)5)59-50(53)43-41-39-37-35-33-31-29-26-23-21-19-17-15-13-11-9-7-2/h14,16,20,22,25,27,29-32,35-38,48H,6-13,15,17-19,21,23-24,26,28,33-34,39-47H2,1-5H3/b16-14+,22-20+,27-25+,31-29+,32-30+,37-35+,38-36+/t48-/m1/s1. The van der Waals surface area contributed by atoms with E-state index in [2.05, 4.69) is 86.8 Å². The molecule has 0 radical (unpaired) electrons. The number of rotatable bonds is 41. The number of nitrogens with zero attached hydrogens (tertiary/aromatic N) is 1. The van der Waals surface area contributed by atoms with Gasteiger partial charge in [-0.15, -0.1) is 0 Å². The molecule has 0 saturated heterocycles. The summed E-state index contributed by atoms with van der Waals surface area (Å²) < 4.78 is 33.8. The second-order valence-corrected chi connectivity index (χ2v) is 17.8. The maximum Gasteiger partial charge on any atom is 0.306 e. The quantitative estimate of drug-likeness (QED) is 0.0196. The third kappa shape index (κ3) is 44.7. The van der Waals surface area contributed by atoms with Gasteiger partial charge in [-0.2, -0.15) is 0 Å². The first-order valence-electron chi connectivity index (χ1n) is 23.3. The van der Waals surface area contributed by atoms with E-state index >= 15 is 0 Å². The van der Waals surface area contributed by atoms with Crippen LogP contribution >= 0.6 is 7.82 Å². The van der Waals surface area contributed by atoms with Gasteiger partial charge in [-0.1, -0.05) is 163 Å². The number of quaternary nitrogens is 1. The zero-order chi connectivity index (χ0) is 44.3. The summed E-state index contributed by atoms with van der Waals surface area (Å²) in [5.41, 5.74) is 0. The summed E-state index contributed by atoms with van der Waals surface area (Å²) in [7, 11) is 1.09. The fourth-order valence-corrected chi connectivity index (χ4v) is 6.46. The SMILES string of the molecule is CCCCC/C=C/C/C=C/C/C=C/C/C=C/C/C=C/CCC(=O)OC[C@H](COP(=O)([O-])OCC[N+](C)(C)C)OC(=O)CCC/C=C/C/C=C/CCCCCCCCCCC. The molecule has 0 aromatic rings. The molecule has 60 heavy (non-hydrogen) atoms. The van der Waals surface area contributed by atoms with Crippen LogP contribution in [0.3, 0.4) is 0 Å². The Morgan fingerprint density at radius 1 is 0.517 bits per heavy atom. The topological polar surface area (TPSA) is 111 Å². The molecular weight excluding hydrogens is 774 g/mol. The van der Waals surface area contributed by atoms with Crippen LogP contribution in [-0.4, -0.2) is 70.0 Å². The number of likely N-dealkylation sites (N-methyl/N-ethyl adjacent to an activating group) is 1. The summed E-state index contributed by atoms with van der Waals surface area (Å²) in [5.74, 6) is -0.990. The number of phosphoric ester groups is 1. The Morgan fingerprint density at radius 3 is 1.43 bits per heavy atom. The van der Waals surface area contributed by atoms with Gasteiger partial charge in [0.25, 0.3) is 7.82 Å². The van der Waals surface area contributed by atoms with E-state index in [1.165, 1.54) is 83.5 Å². The minimum atomic E-state index is -4.66. The molecule has 0 aliphatic carbocycles. The van der Waals surface area contributed by atoms with Gasteiger partial charge < -0.3 is 27.9 Å². The van der Waals surface area contributed by atoms with E-state index in [0.29, 0.717) is 30.3 Å². The van der Waals surface area contributed by atoms with Crippen LogP contribution in [0.2, 0.25) is 0 Å². The molecule has 9 nitrogen and oxygen atoms in total. The number of ether oxygens (including phenoxy) is 2. The van der Waals surface area contributed by atoms with Crippen LogP contribution in [0.1, 0.15) is 168 Å². The van der Waals surface area contributed by atoms with Crippen LogP contribution in [0.15, 0.2) is 85.1 Å². The zero-order valence-corrected chi connectivity index (χ0v) is 39.5. The van der Waals surface area contributed by atoms with Gasteiger partial charge in [0.15, 0.2) is 6.10 Å². The van der Waals surface area contributed by atoms with E-state index < -0.39 is 32.5 Å². The molecule has 0 aliphatic rings. The molecular formula is C50H86NO8P. The van der Waals surface area contributed by atoms with Crippen molar-refractivity contribution in [3.63, 3.8) is 0 Å². The lowest BCUT2D eigenvalue weighted by molar-refractivity contribution is -0.870. The van der Waals surface area contributed by atoms with Crippen molar-refractivity contribution in [3.05, 3.63) is 85.1 Å². The molecule has 0 saturated carbocycles. The highest BCUT2D eigenvalue weighted by Crippen LogP contribution is 2.38. The van der Waals surface area contributed by atoms with Crippen molar-refractivity contribution in [1.82, 2.24) is 0 Å². The number of allylic oxidation sites excluding steroid dienone is 14. The van der Waals surface area contributed by atoms with E-state index in [-0.39, 0.29) is 26.1 Å². The first-order valence-corrected chi connectivity index (χ1v) is 24.8. The number of esters is 2. The van der Waals surface area contributed by atoms with Crippen molar-refractivity contribution in [2.75, 3.05) is 47.5 Å². The highest BCUT2D eigenvalue weighted by Gasteiger charge is 2.21. The highest BCUT2D eigenvalue weighted by atomic mass is 31.2. The second-order valence-electron chi connectivity index (χ2n) is 16.4. The first-order chi connectivity index (χ1) is 29.0. The third-order valence-electron chi connectivity index (χ3n) is 9.40. The normalized spacial score (nSPS) is 14.3. The predicted octanol–water partition coefficient (Wildman–Crippen LogP) is 12.9. The van der Waals surface area contributed by atoms with Crippen molar-refractivity contribution in [1.29, 1.82) is 0 Å². The maximum atomic E-state index is 12.7. The molecule has 1 unspecified atom stereocenters. The third-order valence-corrected chi connectivity index (χ3v) is 10.4. The lowest BCUT2D eigenvalue weighted by atomic mass is 10.1. The van der Waals surface area contributed by atoms with Gasteiger partial charge in [-0.25, -0.2) is 0 Å². The maximum absolute atomic E-state index is 12.7. The largest absolute Gasteiger partial charge is 0.756 e. The van der Waals surface area contributed by atoms with E-state index in [1.54, 1.807) is 0 Å². The Kier molecular flexibility index (Phi) is 39.6. The van der Waals surface area contributed by atoms with E-state index in [0.717, 1.165) is 38.5 Å². The van der Waals surface area contributed by atoms with Crippen LogP contribution < -0.4 is 4.89 Å². The molecule has 2 atom stereocenters. The Hall–Kier alpha value is -2.81. The number of phosphoric acid groups is 1. The molecule has 0 heterocycles. The molecule has 0 rings (SSSR count). The lowest BCUT2D eigenvalue weighted by Crippen LogP contribution is -2.37. The van der Waals surface area contributed by atoms with Crippen molar-refractivity contribution in [2.45, 2.75) is 174 Å². The summed E-state index contributed by atoms with van der Waals surface area (Å²) in [4.78, 5) is 37.5. The molecule has 0 aromatic carbocycles. The summed E-state index contributed by atoms with van der Waals surface area (Å²) in [6.45, 7) is 4.05. The Labute approximate surface area is 367 Å². The zero-order valence-electron chi connectivity index (χ0n) is 38.6. The summed E-state index contributed by atoms with van der Waals surface area (Å²) >= 11 is 0. The predicted molar refractivity (Wildman–Crippen MR) is 249 cm³/mol. The van der Waals surface area contributed by atoms with Crippen LogP contribution in [-0.2, 0) is 32.7 Å². The number of carbonyl (C=O) groups excluding carboxylic acids is 2. The van der Waals surface area contributed by atoms with Crippen LogP contribution in [0, 0.1) is 0 Å². The second kappa shape index (κ2) is 41.5. The van der Waals surface area contributed by atoms with Crippen molar-refractivity contribution in [2.24, 2.45) is 0 Å². The molecule has 0 aromatic heterocycles. The monoisotopic (exact) mass is 860 g/mol. The fraction of sp³-hybridized carbons (Fsp3) is 0.680. The van der Waals surface area contributed by atoms with E-state index in [4.69, 9.17) is 18.5 Å². The molecule has 0 N–H and O–H groups in total. The summed E-state index contributed by atoms with van der Waals surface area (Å²) in [6.07, 6.45) is 53.5. The van der Waals surface area contributed by atoms with Gasteiger partial charge in [-0.05, 0) is 77.0 Å². The minimum absolute atomic E-state index is 0.0533. The molecule has 0 aliphatic heterocycles. The number of unbranched alkanes of at least 4 members (excludes halogenated alkanes) is 13. The van der Waals surface area contributed by atoms with Gasteiger partial charge in [0.05, 0.1) is 27.7 Å². The lowest BCUT2D eigenvalue weighted by Gasteiger charge is -2.28. The number of carbonyl (C=O) groups is 2. The highest BCUT2D eigenvalue weighted by molar-refractivity contribution is 7.45. The van der Waals surface area contributed by atoms with Crippen molar-refractivity contribution >= 4 is 19.8 Å². The van der Waals surface area contributed by atoms with Gasteiger partial charge in [0, 0.05) is 12.8 Å². The Balaban J connectivity index is 4.53. The average molecular weight is 860 g/mol. The first kappa shape index (κ1) is 57.2.